The molecule has 0 atom stereocenters. The highest BCUT2D eigenvalue weighted by Crippen LogP contribution is 2.35. The zero-order chi connectivity index (χ0) is 21.5. The van der Waals surface area contributed by atoms with Crippen LogP contribution in [0.5, 0.6) is 11.5 Å². The van der Waals surface area contributed by atoms with E-state index in [9.17, 15) is 8.78 Å². The lowest BCUT2D eigenvalue weighted by Crippen LogP contribution is -2.13. The molecule has 0 saturated heterocycles. The lowest BCUT2D eigenvalue weighted by molar-refractivity contribution is 0.265. The molecule has 0 saturated carbocycles. The lowest BCUT2D eigenvalue weighted by Gasteiger charge is -2.16. The molecule has 0 aliphatic rings. The Morgan fingerprint density at radius 1 is 0.967 bits per heavy atom. The lowest BCUT2D eigenvalue weighted by atomic mass is 10.1. The van der Waals surface area contributed by atoms with E-state index in [-0.39, 0.29) is 12.4 Å². The van der Waals surface area contributed by atoms with E-state index in [4.69, 9.17) is 21.1 Å². The molecule has 3 rings (SSSR count). The molecule has 1 N–H and O–H groups in total. The van der Waals surface area contributed by atoms with Gasteiger partial charge in [0, 0.05) is 23.1 Å². The zero-order valence-electron chi connectivity index (χ0n) is 16.4. The summed E-state index contributed by atoms with van der Waals surface area (Å²) in [4.78, 5) is 0. The highest BCUT2D eigenvalue weighted by molar-refractivity contribution is 9.10. The second kappa shape index (κ2) is 10.8. The maximum atomic E-state index is 14.0. The largest absolute Gasteiger partial charge is 0.490 e. The molecular formula is C23H21BrClF2NO2. The number of ether oxygens (including phenoxy) is 2. The average molecular weight is 497 g/mol. The van der Waals surface area contributed by atoms with Gasteiger partial charge in [-0.15, -0.1) is 0 Å². The number of hydrogen-bond acceptors (Lipinski definition) is 3. The van der Waals surface area contributed by atoms with E-state index >= 15 is 0 Å². The third kappa shape index (κ3) is 5.94. The second-order valence-electron chi connectivity index (χ2n) is 6.54. The van der Waals surface area contributed by atoms with Gasteiger partial charge in [0.1, 0.15) is 18.2 Å². The highest BCUT2D eigenvalue weighted by atomic mass is 79.9. The van der Waals surface area contributed by atoms with Crippen molar-refractivity contribution in [3.05, 3.63) is 92.4 Å². The molecule has 0 radical (unpaired) electrons. The van der Waals surface area contributed by atoms with Gasteiger partial charge in [0.2, 0.25) is 0 Å². The van der Waals surface area contributed by atoms with Crippen molar-refractivity contribution in [2.24, 2.45) is 0 Å². The van der Waals surface area contributed by atoms with Crippen LogP contribution in [-0.4, -0.2) is 6.61 Å². The molecule has 0 aromatic heterocycles. The Morgan fingerprint density at radius 2 is 1.70 bits per heavy atom. The molecule has 30 heavy (non-hydrogen) atoms. The summed E-state index contributed by atoms with van der Waals surface area (Å²) < 4.78 is 39.4. The maximum absolute atomic E-state index is 14.0. The van der Waals surface area contributed by atoms with Gasteiger partial charge in [0.25, 0.3) is 0 Å². The van der Waals surface area contributed by atoms with Crippen molar-refractivity contribution in [3.63, 3.8) is 0 Å². The molecule has 3 nitrogen and oxygen atoms in total. The quantitative estimate of drug-likeness (QED) is 0.360. The first-order valence-corrected chi connectivity index (χ1v) is 10.6. The first-order chi connectivity index (χ1) is 14.5. The van der Waals surface area contributed by atoms with Crippen LogP contribution in [0.3, 0.4) is 0 Å². The van der Waals surface area contributed by atoms with Crippen molar-refractivity contribution in [1.82, 2.24) is 5.32 Å². The molecule has 0 heterocycles. The van der Waals surface area contributed by atoms with Crippen molar-refractivity contribution in [2.75, 3.05) is 6.61 Å². The summed E-state index contributed by atoms with van der Waals surface area (Å²) in [6, 6.07) is 14.6. The molecule has 0 spiro atoms. The van der Waals surface area contributed by atoms with Crippen LogP contribution < -0.4 is 14.8 Å². The summed E-state index contributed by atoms with van der Waals surface area (Å²) in [6.45, 7) is 3.49. The van der Waals surface area contributed by atoms with Gasteiger partial charge < -0.3 is 14.8 Å². The van der Waals surface area contributed by atoms with Gasteiger partial charge in [-0.1, -0.05) is 45.7 Å². The fourth-order valence-corrected chi connectivity index (χ4v) is 3.54. The van der Waals surface area contributed by atoms with Crippen molar-refractivity contribution >= 4 is 27.5 Å². The van der Waals surface area contributed by atoms with E-state index in [2.05, 4.69) is 21.2 Å². The monoisotopic (exact) mass is 495 g/mol. The van der Waals surface area contributed by atoms with Crippen LogP contribution >= 0.6 is 27.5 Å². The SMILES string of the molecule is CCOc1cc(CNCc2ccc(F)cc2)c(Br)cc1OCc1c(F)cccc1Cl. The number of nitrogens with one attached hydrogen (secondary N) is 1. The van der Waals surface area contributed by atoms with Crippen LogP contribution in [0.2, 0.25) is 5.02 Å². The van der Waals surface area contributed by atoms with Crippen molar-refractivity contribution in [3.8, 4) is 11.5 Å². The molecule has 0 bridgehead atoms. The third-order valence-corrected chi connectivity index (χ3v) is 5.50. The topological polar surface area (TPSA) is 30.5 Å². The third-order valence-electron chi connectivity index (χ3n) is 4.40. The second-order valence-corrected chi connectivity index (χ2v) is 7.80. The van der Waals surface area contributed by atoms with Crippen LogP contribution in [0.1, 0.15) is 23.6 Å². The van der Waals surface area contributed by atoms with Crippen LogP contribution in [0.4, 0.5) is 8.78 Å². The van der Waals surface area contributed by atoms with E-state index < -0.39 is 5.82 Å². The van der Waals surface area contributed by atoms with Gasteiger partial charge in [-0.05, 0) is 54.4 Å². The van der Waals surface area contributed by atoms with Crippen molar-refractivity contribution in [2.45, 2.75) is 26.6 Å². The van der Waals surface area contributed by atoms with Crippen LogP contribution in [0.25, 0.3) is 0 Å². The highest BCUT2D eigenvalue weighted by Gasteiger charge is 2.14. The van der Waals surface area contributed by atoms with E-state index in [1.807, 2.05) is 13.0 Å². The Kier molecular flexibility index (Phi) is 8.08. The zero-order valence-corrected chi connectivity index (χ0v) is 18.7. The molecule has 3 aromatic rings. The molecule has 0 amide bonds. The minimum absolute atomic E-state index is 0.0137. The number of halogens is 4. The summed E-state index contributed by atoms with van der Waals surface area (Å²) in [5, 5.41) is 3.64. The van der Waals surface area contributed by atoms with Crippen LogP contribution in [0.15, 0.2) is 59.1 Å². The molecule has 0 aliphatic heterocycles. The van der Waals surface area contributed by atoms with Gasteiger partial charge in [0.15, 0.2) is 11.5 Å². The molecule has 3 aromatic carbocycles. The molecule has 0 unspecified atom stereocenters. The number of benzene rings is 3. The normalized spacial score (nSPS) is 10.8. The Balaban J connectivity index is 1.70. The Morgan fingerprint density at radius 3 is 2.40 bits per heavy atom. The minimum atomic E-state index is -0.416. The smallest absolute Gasteiger partial charge is 0.162 e. The molecule has 158 valence electrons. The molecule has 0 aliphatic carbocycles. The van der Waals surface area contributed by atoms with Gasteiger partial charge in [0.05, 0.1) is 11.6 Å². The van der Waals surface area contributed by atoms with Crippen molar-refractivity contribution < 1.29 is 18.3 Å². The number of hydrogen-bond donors (Lipinski definition) is 1. The van der Waals surface area contributed by atoms with E-state index in [1.165, 1.54) is 18.2 Å². The van der Waals surface area contributed by atoms with E-state index in [0.29, 0.717) is 41.8 Å². The summed E-state index contributed by atoms with van der Waals surface area (Å²) in [7, 11) is 0. The minimum Gasteiger partial charge on any atom is -0.490 e. The maximum Gasteiger partial charge on any atom is 0.162 e. The average Bonchev–Trinajstić information content (AvgIpc) is 2.72. The summed E-state index contributed by atoms with van der Waals surface area (Å²) in [6.07, 6.45) is 0. The Hall–Kier alpha value is -2.15. The Bertz CT molecular complexity index is 979. The molecule has 0 fully saturated rings. The van der Waals surface area contributed by atoms with Gasteiger partial charge in [-0.3, -0.25) is 0 Å². The summed E-state index contributed by atoms with van der Waals surface area (Å²) in [5.41, 5.74) is 2.25. The fourth-order valence-electron chi connectivity index (χ4n) is 2.86. The summed E-state index contributed by atoms with van der Waals surface area (Å²) in [5.74, 6) is 0.383. The molecule has 7 heteroatoms. The van der Waals surface area contributed by atoms with Gasteiger partial charge >= 0.3 is 0 Å². The Labute approximate surface area is 188 Å². The fraction of sp³-hybridized carbons (Fsp3) is 0.217. The number of rotatable bonds is 9. The van der Waals surface area contributed by atoms with Gasteiger partial charge in [-0.2, -0.15) is 0 Å². The predicted octanol–water partition coefficient (Wildman–Crippen LogP) is 6.65. The summed E-state index contributed by atoms with van der Waals surface area (Å²) >= 11 is 9.64. The predicted molar refractivity (Wildman–Crippen MR) is 118 cm³/mol. The van der Waals surface area contributed by atoms with Gasteiger partial charge in [-0.25, -0.2) is 8.78 Å². The van der Waals surface area contributed by atoms with Crippen molar-refractivity contribution in [1.29, 1.82) is 0 Å². The first kappa shape index (κ1) is 22.5. The standard InChI is InChI=1S/C23H21BrClF2NO2/c1-2-29-22-10-16(13-28-12-15-6-8-17(26)9-7-15)19(24)11-23(22)30-14-18-20(25)4-3-5-21(18)27/h3-11,28H,2,12-14H2,1H3. The van der Waals surface area contributed by atoms with Crippen LogP contribution in [0, 0.1) is 11.6 Å². The van der Waals surface area contributed by atoms with Crippen LogP contribution in [-0.2, 0) is 19.7 Å². The molecular weight excluding hydrogens is 476 g/mol. The van der Waals surface area contributed by atoms with E-state index in [0.717, 1.165) is 15.6 Å². The first-order valence-electron chi connectivity index (χ1n) is 9.44. The van der Waals surface area contributed by atoms with E-state index in [1.54, 1.807) is 30.3 Å².